The van der Waals surface area contributed by atoms with E-state index >= 15 is 0 Å². The number of rotatable bonds is 3. The van der Waals surface area contributed by atoms with Crippen LogP contribution in [0.2, 0.25) is 0 Å². The third-order valence-corrected chi connectivity index (χ3v) is 5.41. The highest BCUT2D eigenvalue weighted by Gasteiger charge is 2.43. The fourth-order valence-electron chi connectivity index (χ4n) is 3.63. The first-order valence-electron chi connectivity index (χ1n) is 8.70. The molecule has 0 saturated heterocycles. The lowest BCUT2D eigenvalue weighted by molar-refractivity contribution is 0.664. The van der Waals surface area contributed by atoms with E-state index in [4.69, 9.17) is 10.7 Å². The normalized spacial score (nSPS) is 18.7. The third-order valence-electron chi connectivity index (χ3n) is 4.91. The van der Waals surface area contributed by atoms with Gasteiger partial charge in [0.15, 0.2) is 0 Å². The average Bonchev–Trinajstić information content (AvgIpc) is 2.96. The fraction of sp³-hybridized carbons (Fsp3) is 0.182. The molecule has 130 valence electrons. The van der Waals surface area contributed by atoms with Crippen molar-refractivity contribution in [3.63, 3.8) is 0 Å². The van der Waals surface area contributed by atoms with Gasteiger partial charge >= 0.3 is 0 Å². The standard InChI is InChI=1S/C22H20BrN3/c1-14(2)20-13-16(10-11-25-20)22(15-6-5-7-17(23)12-15)19-9-4-3-8-18(19)21(24)26-22/h3-14H,1-2H3,(H2,24,26). The molecule has 4 heteroatoms. The van der Waals surface area contributed by atoms with Gasteiger partial charge in [-0.3, -0.25) is 4.98 Å². The topological polar surface area (TPSA) is 51.3 Å². The van der Waals surface area contributed by atoms with Gasteiger partial charge in [-0.25, -0.2) is 4.99 Å². The molecule has 0 bridgehead atoms. The van der Waals surface area contributed by atoms with Crippen LogP contribution in [0.1, 0.15) is 47.7 Å². The van der Waals surface area contributed by atoms with Gasteiger partial charge in [0, 0.05) is 21.9 Å². The molecule has 2 heterocycles. The summed E-state index contributed by atoms with van der Waals surface area (Å²) in [4.78, 5) is 9.55. The molecule has 1 aliphatic rings. The van der Waals surface area contributed by atoms with Crippen molar-refractivity contribution < 1.29 is 0 Å². The SMILES string of the molecule is CC(C)c1cc(C2(c3cccc(Br)c3)N=C(N)c3ccccc32)ccn1. The van der Waals surface area contributed by atoms with Crippen LogP contribution in [0, 0.1) is 0 Å². The Balaban J connectivity index is 2.06. The Kier molecular flexibility index (Phi) is 4.16. The minimum atomic E-state index is -0.656. The molecule has 1 unspecified atom stereocenters. The molecular weight excluding hydrogens is 386 g/mol. The highest BCUT2D eigenvalue weighted by Crippen LogP contribution is 2.46. The number of fused-ring (bicyclic) bond motifs is 1. The lowest BCUT2D eigenvalue weighted by Crippen LogP contribution is -2.26. The van der Waals surface area contributed by atoms with Gasteiger partial charge < -0.3 is 5.73 Å². The first-order chi connectivity index (χ1) is 12.5. The number of nitrogens with zero attached hydrogens (tertiary/aromatic N) is 2. The highest BCUT2D eigenvalue weighted by atomic mass is 79.9. The molecular formula is C22H20BrN3. The van der Waals surface area contributed by atoms with E-state index in [9.17, 15) is 0 Å². The van der Waals surface area contributed by atoms with Gasteiger partial charge in [0.2, 0.25) is 0 Å². The Hall–Kier alpha value is -2.46. The van der Waals surface area contributed by atoms with E-state index in [1.165, 1.54) is 0 Å². The quantitative estimate of drug-likeness (QED) is 0.667. The van der Waals surface area contributed by atoms with Gasteiger partial charge in [-0.15, -0.1) is 0 Å². The average molecular weight is 406 g/mol. The van der Waals surface area contributed by atoms with Gasteiger partial charge in [0.1, 0.15) is 11.4 Å². The Morgan fingerprint density at radius 3 is 2.50 bits per heavy atom. The van der Waals surface area contributed by atoms with Gasteiger partial charge in [-0.2, -0.15) is 0 Å². The molecule has 0 radical (unpaired) electrons. The van der Waals surface area contributed by atoms with E-state index < -0.39 is 5.54 Å². The molecule has 0 spiro atoms. The Bertz CT molecular complexity index is 1010. The van der Waals surface area contributed by atoms with E-state index in [0.717, 1.165) is 32.4 Å². The predicted molar refractivity (Wildman–Crippen MR) is 110 cm³/mol. The molecule has 2 N–H and O–H groups in total. The second-order valence-corrected chi connectivity index (χ2v) is 7.80. The molecule has 26 heavy (non-hydrogen) atoms. The van der Waals surface area contributed by atoms with E-state index in [1.54, 1.807) is 0 Å². The van der Waals surface area contributed by atoms with Crippen molar-refractivity contribution in [2.45, 2.75) is 25.3 Å². The third kappa shape index (κ3) is 2.56. The molecule has 1 aliphatic heterocycles. The zero-order chi connectivity index (χ0) is 18.3. The summed E-state index contributed by atoms with van der Waals surface area (Å²) in [6.45, 7) is 4.30. The number of aromatic nitrogens is 1. The van der Waals surface area contributed by atoms with Gasteiger partial charge in [0.25, 0.3) is 0 Å². The van der Waals surface area contributed by atoms with Crippen LogP contribution < -0.4 is 5.73 Å². The van der Waals surface area contributed by atoms with Gasteiger partial charge in [0.05, 0.1) is 0 Å². The van der Waals surface area contributed by atoms with Crippen LogP contribution in [-0.4, -0.2) is 10.8 Å². The summed E-state index contributed by atoms with van der Waals surface area (Å²) in [5.41, 5.74) is 11.0. The number of hydrogen-bond acceptors (Lipinski definition) is 3. The largest absolute Gasteiger partial charge is 0.383 e. The van der Waals surface area contributed by atoms with Crippen molar-refractivity contribution in [3.05, 3.63) is 99.3 Å². The van der Waals surface area contributed by atoms with Crippen LogP contribution in [0.4, 0.5) is 0 Å². The number of halogens is 1. The Morgan fingerprint density at radius 1 is 0.962 bits per heavy atom. The van der Waals surface area contributed by atoms with Gasteiger partial charge in [-0.05, 0) is 46.9 Å². The number of pyridine rings is 1. The van der Waals surface area contributed by atoms with Crippen LogP contribution in [0.3, 0.4) is 0 Å². The van der Waals surface area contributed by atoms with Crippen LogP contribution in [0.5, 0.6) is 0 Å². The molecule has 4 rings (SSSR count). The molecule has 3 aromatic rings. The summed E-state index contributed by atoms with van der Waals surface area (Å²) in [7, 11) is 0. The number of aliphatic imine (C=N–C) groups is 1. The summed E-state index contributed by atoms with van der Waals surface area (Å²) in [6, 6.07) is 20.7. The van der Waals surface area contributed by atoms with Crippen molar-refractivity contribution in [1.29, 1.82) is 0 Å². The number of amidine groups is 1. The van der Waals surface area contributed by atoms with Gasteiger partial charge in [-0.1, -0.05) is 66.2 Å². The second kappa shape index (κ2) is 6.36. The first-order valence-corrected chi connectivity index (χ1v) is 9.49. The lowest BCUT2D eigenvalue weighted by Gasteiger charge is -2.29. The number of hydrogen-bond donors (Lipinski definition) is 1. The van der Waals surface area contributed by atoms with Crippen molar-refractivity contribution in [3.8, 4) is 0 Å². The first kappa shape index (κ1) is 17.0. The fourth-order valence-corrected chi connectivity index (χ4v) is 4.03. The molecule has 0 saturated carbocycles. The molecule has 0 amide bonds. The van der Waals surface area contributed by atoms with Crippen molar-refractivity contribution in [2.24, 2.45) is 10.7 Å². The molecule has 0 aliphatic carbocycles. The van der Waals surface area contributed by atoms with Crippen LogP contribution >= 0.6 is 15.9 Å². The molecule has 3 nitrogen and oxygen atoms in total. The number of benzene rings is 2. The minimum absolute atomic E-state index is 0.340. The monoisotopic (exact) mass is 405 g/mol. The maximum atomic E-state index is 6.36. The summed E-state index contributed by atoms with van der Waals surface area (Å²) in [5.74, 6) is 0.913. The predicted octanol–water partition coefficient (Wildman–Crippen LogP) is 4.98. The van der Waals surface area contributed by atoms with Crippen molar-refractivity contribution in [2.75, 3.05) is 0 Å². The summed E-state index contributed by atoms with van der Waals surface area (Å²) in [5, 5.41) is 0. The van der Waals surface area contributed by atoms with Crippen LogP contribution in [0.15, 0.2) is 76.3 Å². The molecule has 1 aromatic heterocycles. The zero-order valence-electron chi connectivity index (χ0n) is 14.8. The van der Waals surface area contributed by atoms with Crippen LogP contribution in [0.25, 0.3) is 0 Å². The highest BCUT2D eigenvalue weighted by molar-refractivity contribution is 9.10. The van der Waals surface area contributed by atoms with E-state index in [2.05, 4.69) is 59.0 Å². The van der Waals surface area contributed by atoms with Crippen molar-refractivity contribution >= 4 is 21.8 Å². The Labute approximate surface area is 162 Å². The van der Waals surface area contributed by atoms with E-state index in [0.29, 0.717) is 11.8 Å². The maximum absolute atomic E-state index is 6.36. The second-order valence-electron chi connectivity index (χ2n) is 6.89. The van der Waals surface area contributed by atoms with E-state index in [-0.39, 0.29) is 0 Å². The molecule has 0 fully saturated rings. The minimum Gasteiger partial charge on any atom is -0.383 e. The zero-order valence-corrected chi connectivity index (χ0v) is 16.4. The number of nitrogens with two attached hydrogens (primary N) is 1. The summed E-state index contributed by atoms with van der Waals surface area (Å²) < 4.78 is 1.02. The summed E-state index contributed by atoms with van der Waals surface area (Å²) >= 11 is 3.61. The summed E-state index contributed by atoms with van der Waals surface area (Å²) in [6.07, 6.45) is 1.87. The molecule has 1 atom stereocenters. The smallest absolute Gasteiger partial charge is 0.139 e. The lowest BCUT2D eigenvalue weighted by atomic mass is 9.77. The Morgan fingerprint density at radius 2 is 1.73 bits per heavy atom. The van der Waals surface area contributed by atoms with E-state index in [1.807, 2.05) is 42.6 Å². The van der Waals surface area contributed by atoms with Crippen molar-refractivity contribution in [1.82, 2.24) is 4.98 Å². The van der Waals surface area contributed by atoms with Crippen LogP contribution in [-0.2, 0) is 5.54 Å². The molecule has 2 aromatic carbocycles. The maximum Gasteiger partial charge on any atom is 0.139 e.